The van der Waals surface area contributed by atoms with Gasteiger partial charge in [-0.2, -0.15) is 0 Å². The Balaban J connectivity index is 1.91. The number of likely N-dealkylation sites (tertiary alicyclic amines) is 1. The number of quaternary nitrogens is 1. The molecule has 37 heavy (non-hydrogen) atoms. The molecule has 7 heteroatoms. The van der Waals surface area contributed by atoms with Crippen molar-refractivity contribution in [3.63, 3.8) is 0 Å². The lowest BCUT2D eigenvalue weighted by Crippen LogP contribution is -2.46. The molecule has 1 saturated heterocycles. The summed E-state index contributed by atoms with van der Waals surface area (Å²) in [6, 6.07) is 0.267. The molecule has 1 aliphatic heterocycles. The number of hydrogen-bond acceptors (Lipinski definition) is 5. The van der Waals surface area contributed by atoms with Crippen LogP contribution < -0.4 is 4.89 Å². The number of unbranched alkanes of at least 4 members (excludes halogenated alkanes) is 15. The van der Waals surface area contributed by atoms with E-state index in [1.54, 1.807) is 7.11 Å². The third-order valence-electron chi connectivity index (χ3n) is 8.23. The molecule has 0 aliphatic carbocycles. The van der Waals surface area contributed by atoms with Gasteiger partial charge in [-0.05, 0) is 12.8 Å². The Morgan fingerprint density at radius 2 is 1.38 bits per heavy atom. The first kappa shape index (κ1) is 35.1. The first-order valence-electron chi connectivity index (χ1n) is 15.7. The molecule has 1 aliphatic rings. The molecule has 222 valence electrons. The van der Waals surface area contributed by atoms with E-state index in [0.29, 0.717) is 19.6 Å². The molecular formula is C30H62NO5P. The molecule has 3 unspecified atom stereocenters. The van der Waals surface area contributed by atoms with E-state index < -0.39 is 7.60 Å². The third-order valence-corrected chi connectivity index (χ3v) is 9.58. The minimum Gasteiger partial charge on any atom is -0.778 e. The third kappa shape index (κ3) is 18.9. The largest absolute Gasteiger partial charge is 0.778 e. The Labute approximate surface area is 230 Å². The fourth-order valence-corrected chi connectivity index (χ4v) is 6.49. The van der Waals surface area contributed by atoms with Gasteiger partial charge in [0.15, 0.2) is 0 Å². The Morgan fingerprint density at radius 1 is 0.865 bits per heavy atom. The number of nitrogens with zero attached hydrogens (tertiary/aromatic N) is 1. The highest BCUT2D eigenvalue weighted by molar-refractivity contribution is 7.51. The molecular weight excluding hydrogens is 485 g/mol. The van der Waals surface area contributed by atoms with E-state index in [1.807, 2.05) is 0 Å². The fraction of sp³-hybridized carbons (Fsp3) is 1.00. The van der Waals surface area contributed by atoms with E-state index in [9.17, 15) is 9.46 Å². The van der Waals surface area contributed by atoms with Crippen LogP contribution in [0.3, 0.4) is 0 Å². The molecule has 0 aromatic rings. The van der Waals surface area contributed by atoms with Gasteiger partial charge in [-0.25, -0.2) is 0 Å². The van der Waals surface area contributed by atoms with Crippen LogP contribution in [0, 0.1) is 0 Å². The summed E-state index contributed by atoms with van der Waals surface area (Å²) < 4.78 is 29.8. The van der Waals surface area contributed by atoms with Gasteiger partial charge in [0, 0.05) is 32.7 Å². The number of rotatable bonds is 26. The summed E-state index contributed by atoms with van der Waals surface area (Å²) in [6.45, 7) is 4.82. The number of ether oxygens (including phenoxy) is 2. The zero-order valence-corrected chi connectivity index (χ0v) is 26.0. The van der Waals surface area contributed by atoms with E-state index in [-0.39, 0.29) is 18.3 Å². The first-order valence-corrected chi connectivity index (χ1v) is 17.4. The van der Waals surface area contributed by atoms with Crippen LogP contribution in [-0.2, 0) is 18.6 Å². The Hall–Kier alpha value is 0.0300. The van der Waals surface area contributed by atoms with Crippen molar-refractivity contribution in [2.45, 2.75) is 141 Å². The summed E-state index contributed by atoms with van der Waals surface area (Å²) in [4.78, 5) is 12.4. The average Bonchev–Trinajstić information content (AvgIpc) is 3.21. The van der Waals surface area contributed by atoms with Gasteiger partial charge in [0.25, 0.3) is 0 Å². The van der Waals surface area contributed by atoms with Gasteiger partial charge in [0.05, 0.1) is 33.4 Å². The molecule has 0 N–H and O–H groups in total. The maximum atomic E-state index is 12.4. The zero-order chi connectivity index (χ0) is 27.2. The van der Waals surface area contributed by atoms with Crippen molar-refractivity contribution in [1.29, 1.82) is 0 Å². The lowest BCUT2D eigenvalue weighted by atomic mass is 10.0. The minimum absolute atomic E-state index is 0.00800. The number of methoxy groups -OCH3 is 1. The SMILES string of the molecule is CCCCCCCCCCCCCCCCCCOCC(CCP(=O)([O-])OCC1CCC[N+]1(C)C)OC. The summed E-state index contributed by atoms with van der Waals surface area (Å²) in [5.41, 5.74) is 0. The van der Waals surface area contributed by atoms with Gasteiger partial charge in [-0.15, -0.1) is 0 Å². The van der Waals surface area contributed by atoms with Gasteiger partial charge in [-0.1, -0.05) is 103 Å². The second-order valence-corrected chi connectivity index (χ2v) is 13.9. The van der Waals surface area contributed by atoms with Crippen LogP contribution in [-0.4, -0.2) is 70.4 Å². The van der Waals surface area contributed by atoms with Gasteiger partial charge in [0.1, 0.15) is 20.2 Å². The molecule has 0 amide bonds. The number of hydrogen-bond donors (Lipinski definition) is 0. The molecule has 0 radical (unpaired) electrons. The Morgan fingerprint density at radius 3 is 1.84 bits per heavy atom. The average molecular weight is 548 g/mol. The normalized spacial score (nSPS) is 19.8. The van der Waals surface area contributed by atoms with Gasteiger partial charge in [-0.3, -0.25) is 0 Å². The molecule has 1 heterocycles. The maximum Gasteiger partial charge on any atom is 0.135 e. The van der Waals surface area contributed by atoms with Crippen molar-refractivity contribution in [3.05, 3.63) is 0 Å². The molecule has 3 atom stereocenters. The van der Waals surface area contributed by atoms with E-state index in [1.165, 1.54) is 96.3 Å². The van der Waals surface area contributed by atoms with Crippen molar-refractivity contribution in [1.82, 2.24) is 0 Å². The monoisotopic (exact) mass is 547 g/mol. The van der Waals surface area contributed by atoms with Crippen molar-refractivity contribution in [2.24, 2.45) is 0 Å². The molecule has 0 aromatic heterocycles. The second-order valence-electron chi connectivity index (χ2n) is 12.0. The fourth-order valence-electron chi connectivity index (χ4n) is 5.35. The van der Waals surface area contributed by atoms with Crippen molar-refractivity contribution >= 4 is 7.60 Å². The molecule has 0 spiro atoms. The van der Waals surface area contributed by atoms with Crippen LogP contribution in [0.25, 0.3) is 0 Å². The molecule has 1 rings (SSSR count). The zero-order valence-electron chi connectivity index (χ0n) is 25.1. The Kier molecular flexibility index (Phi) is 20.7. The summed E-state index contributed by atoms with van der Waals surface area (Å²) >= 11 is 0. The highest BCUT2D eigenvalue weighted by Crippen LogP contribution is 2.39. The standard InChI is InChI=1S/C30H62NO5P/c1-5-6-7-8-9-10-11-12-13-14-15-16-17-18-19-20-25-35-28-30(34-4)23-26-37(32,33)36-27-29-22-21-24-31(29,2)3/h29-30H,5-28H2,1-4H3. The summed E-state index contributed by atoms with van der Waals surface area (Å²) in [7, 11) is 2.07. The predicted octanol–water partition coefficient (Wildman–Crippen LogP) is 7.48. The topological polar surface area (TPSA) is 67.8 Å². The van der Waals surface area contributed by atoms with E-state index in [0.717, 1.165) is 36.9 Å². The van der Waals surface area contributed by atoms with Crippen LogP contribution >= 0.6 is 7.60 Å². The minimum atomic E-state index is -3.84. The van der Waals surface area contributed by atoms with E-state index in [2.05, 4.69) is 21.0 Å². The quantitative estimate of drug-likeness (QED) is 0.0638. The first-order chi connectivity index (χ1) is 17.8. The lowest BCUT2D eigenvalue weighted by Gasteiger charge is -2.33. The molecule has 0 saturated carbocycles. The molecule has 6 nitrogen and oxygen atoms in total. The summed E-state index contributed by atoms with van der Waals surface area (Å²) in [6.07, 6.45) is 24.1. The molecule has 0 aromatic carbocycles. The van der Waals surface area contributed by atoms with Gasteiger partial charge >= 0.3 is 0 Å². The lowest BCUT2D eigenvalue weighted by molar-refractivity contribution is -0.902. The second kappa shape index (κ2) is 21.8. The smallest absolute Gasteiger partial charge is 0.135 e. The van der Waals surface area contributed by atoms with E-state index >= 15 is 0 Å². The highest BCUT2D eigenvalue weighted by atomic mass is 31.2. The highest BCUT2D eigenvalue weighted by Gasteiger charge is 2.34. The van der Waals surface area contributed by atoms with E-state index in [4.69, 9.17) is 14.0 Å². The van der Waals surface area contributed by atoms with Crippen LogP contribution in [0.5, 0.6) is 0 Å². The maximum absolute atomic E-state index is 12.4. The molecule has 1 fully saturated rings. The summed E-state index contributed by atoms with van der Waals surface area (Å²) in [5.74, 6) is 0. The van der Waals surface area contributed by atoms with Crippen molar-refractivity contribution in [2.75, 3.05) is 53.7 Å². The Bertz CT molecular complexity index is 574. The summed E-state index contributed by atoms with van der Waals surface area (Å²) in [5, 5.41) is 0. The van der Waals surface area contributed by atoms with Gasteiger partial charge in [0.2, 0.25) is 0 Å². The number of likely N-dealkylation sites (N-methyl/N-ethyl adjacent to an activating group) is 1. The van der Waals surface area contributed by atoms with Crippen molar-refractivity contribution in [3.8, 4) is 0 Å². The van der Waals surface area contributed by atoms with Crippen LogP contribution in [0.1, 0.15) is 129 Å². The molecule has 0 bridgehead atoms. The van der Waals surface area contributed by atoms with Gasteiger partial charge < -0.3 is 27.9 Å². The van der Waals surface area contributed by atoms with Crippen LogP contribution in [0.4, 0.5) is 0 Å². The van der Waals surface area contributed by atoms with Crippen LogP contribution in [0.15, 0.2) is 0 Å². The van der Waals surface area contributed by atoms with Crippen molar-refractivity contribution < 1.29 is 27.9 Å². The van der Waals surface area contributed by atoms with Crippen LogP contribution in [0.2, 0.25) is 0 Å². The predicted molar refractivity (Wildman–Crippen MR) is 154 cm³/mol.